The van der Waals surface area contributed by atoms with Gasteiger partial charge in [0.1, 0.15) is 12.1 Å². The molecular formula is C19H21ClN4O4. The second-order valence-electron chi connectivity index (χ2n) is 5.72. The molecule has 2 aromatic carbocycles. The summed E-state index contributed by atoms with van der Waals surface area (Å²) >= 11 is 0. The van der Waals surface area contributed by atoms with Crippen molar-refractivity contribution in [3.8, 4) is 11.5 Å². The molecule has 0 saturated carbocycles. The van der Waals surface area contributed by atoms with Crippen LogP contribution in [0.2, 0.25) is 0 Å². The Kier molecular flexibility index (Phi) is 6.84. The van der Waals surface area contributed by atoms with Gasteiger partial charge >= 0.3 is 6.09 Å². The van der Waals surface area contributed by atoms with E-state index in [2.05, 4.69) is 25.3 Å². The number of amides is 1. The van der Waals surface area contributed by atoms with E-state index in [-0.39, 0.29) is 12.4 Å². The molecule has 0 spiro atoms. The fourth-order valence-corrected chi connectivity index (χ4v) is 2.61. The molecule has 148 valence electrons. The molecule has 0 saturated heterocycles. The molecule has 1 aromatic heterocycles. The number of hydrogen-bond donors (Lipinski definition) is 2. The van der Waals surface area contributed by atoms with Crippen LogP contribution in [0.3, 0.4) is 0 Å². The number of rotatable bonds is 5. The van der Waals surface area contributed by atoms with Gasteiger partial charge in [0.25, 0.3) is 0 Å². The van der Waals surface area contributed by atoms with Crippen LogP contribution in [-0.4, -0.2) is 37.4 Å². The van der Waals surface area contributed by atoms with Crippen molar-refractivity contribution in [1.82, 2.24) is 9.97 Å². The largest absolute Gasteiger partial charge is 0.493 e. The number of aryl methyl sites for hydroxylation is 1. The molecule has 0 atom stereocenters. The number of carbonyl (C=O) groups excluding carboxylic acids is 1. The van der Waals surface area contributed by atoms with Crippen molar-refractivity contribution < 1.29 is 19.0 Å². The zero-order chi connectivity index (χ0) is 19.4. The molecule has 3 rings (SSSR count). The Morgan fingerprint density at radius 1 is 1.00 bits per heavy atom. The van der Waals surface area contributed by atoms with Crippen LogP contribution in [0.1, 0.15) is 5.56 Å². The van der Waals surface area contributed by atoms with Gasteiger partial charge in [-0.2, -0.15) is 0 Å². The summed E-state index contributed by atoms with van der Waals surface area (Å²) in [7, 11) is 4.47. The summed E-state index contributed by atoms with van der Waals surface area (Å²) in [6.07, 6.45) is 0.942. The van der Waals surface area contributed by atoms with Crippen molar-refractivity contribution in [2.24, 2.45) is 0 Å². The molecule has 0 fully saturated rings. The first kappa shape index (κ1) is 21.0. The van der Waals surface area contributed by atoms with Crippen molar-refractivity contribution in [2.75, 3.05) is 32.0 Å². The first-order valence-corrected chi connectivity index (χ1v) is 8.15. The lowest BCUT2D eigenvalue weighted by atomic mass is 10.1. The van der Waals surface area contributed by atoms with Crippen LogP contribution in [0.25, 0.3) is 10.9 Å². The molecule has 28 heavy (non-hydrogen) atoms. The van der Waals surface area contributed by atoms with Crippen molar-refractivity contribution in [1.29, 1.82) is 0 Å². The molecular weight excluding hydrogens is 384 g/mol. The fraction of sp³-hybridized carbons (Fsp3) is 0.211. The predicted molar refractivity (Wildman–Crippen MR) is 110 cm³/mol. The van der Waals surface area contributed by atoms with Crippen molar-refractivity contribution in [2.45, 2.75) is 6.92 Å². The third-order valence-electron chi connectivity index (χ3n) is 4.06. The second kappa shape index (κ2) is 9.09. The van der Waals surface area contributed by atoms with Crippen LogP contribution in [0, 0.1) is 6.92 Å². The number of aromatic nitrogens is 2. The van der Waals surface area contributed by atoms with Gasteiger partial charge in [-0.1, -0.05) is 6.07 Å². The third kappa shape index (κ3) is 4.34. The number of anilines is 3. The highest BCUT2D eigenvalue weighted by Crippen LogP contribution is 2.34. The van der Waals surface area contributed by atoms with E-state index in [1.807, 2.05) is 25.1 Å². The number of nitrogens with one attached hydrogen (secondary N) is 2. The highest BCUT2D eigenvalue weighted by atomic mass is 35.5. The van der Waals surface area contributed by atoms with Crippen LogP contribution in [0.5, 0.6) is 11.5 Å². The van der Waals surface area contributed by atoms with Crippen LogP contribution in [-0.2, 0) is 4.74 Å². The molecule has 3 aromatic rings. The van der Waals surface area contributed by atoms with Gasteiger partial charge in [0.05, 0.1) is 26.8 Å². The summed E-state index contributed by atoms with van der Waals surface area (Å²) < 4.78 is 15.3. The Morgan fingerprint density at radius 3 is 2.39 bits per heavy atom. The lowest BCUT2D eigenvalue weighted by molar-refractivity contribution is 0.187. The van der Waals surface area contributed by atoms with Gasteiger partial charge in [-0.15, -0.1) is 12.4 Å². The third-order valence-corrected chi connectivity index (χ3v) is 4.06. The molecule has 2 N–H and O–H groups in total. The maximum absolute atomic E-state index is 11.5. The molecule has 0 bridgehead atoms. The lowest BCUT2D eigenvalue weighted by Gasteiger charge is -2.13. The summed E-state index contributed by atoms with van der Waals surface area (Å²) in [5, 5.41) is 6.72. The maximum Gasteiger partial charge on any atom is 0.411 e. The minimum atomic E-state index is -0.528. The van der Waals surface area contributed by atoms with E-state index in [1.165, 1.54) is 13.4 Å². The van der Waals surface area contributed by atoms with Gasteiger partial charge in [-0.05, 0) is 30.7 Å². The summed E-state index contributed by atoms with van der Waals surface area (Å²) in [5.41, 5.74) is 3.02. The van der Waals surface area contributed by atoms with E-state index in [0.717, 1.165) is 16.6 Å². The highest BCUT2D eigenvalue weighted by Gasteiger charge is 2.12. The smallest absolute Gasteiger partial charge is 0.411 e. The molecule has 1 heterocycles. The number of halogens is 1. The molecule has 1 amide bonds. The van der Waals surface area contributed by atoms with Gasteiger partial charge in [-0.25, -0.2) is 14.8 Å². The first-order valence-electron chi connectivity index (χ1n) is 8.15. The minimum absolute atomic E-state index is 0. The Balaban J connectivity index is 0.00000280. The Bertz CT molecular complexity index is 997. The van der Waals surface area contributed by atoms with Crippen LogP contribution in [0.15, 0.2) is 36.7 Å². The van der Waals surface area contributed by atoms with E-state index in [0.29, 0.717) is 28.5 Å². The summed E-state index contributed by atoms with van der Waals surface area (Å²) in [5.74, 6) is 1.78. The molecule has 0 aliphatic rings. The standard InChI is InChI=1S/C19H20N4O4.ClH/c1-11-5-6-12(7-14(11)23-19(24)27-4)22-18-13-8-16(25-2)17(26-3)9-15(13)20-10-21-18;/h5-10H,1-4H3,(H,23,24)(H,20,21,22);1H. The van der Waals surface area contributed by atoms with Crippen molar-refractivity contribution >= 4 is 46.6 Å². The predicted octanol–water partition coefficient (Wildman–Crippen LogP) is 4.30. The zero-order valence-electron chi connectivity index (χ0n) is 15.9. The Hall–Kier alpha value is -3.26. The fourth-order valence-electron chi connectivity index (χ4n) is 2.61. The van der Waals surface area contributed by atoms with Gasteiger partial charge in [0, 0.05) is 22.8 Å². The van der Waals surface area contributed by atoms with E-state index >= 15 is 0 Å². The highest BCUT2D eigenvalue weighted by molar-refractivity contribution is 5.93. The van der Waals surface area contributed by atoms with Crippen molar-refractivity contribution in [3.63, 3.8) is 0 Å². The number of hydrogen-bond acceptors (Lipinski definition) is 7. The van der Waals surface area contributed by atoms with Crippen molar-refractivity contribution in [3.05, 3.63) is 42.2 Å². The Labute approximate surface area is 168 Å². The van der Waals surface area contributed by atoms with Gasteiger partial charge < -0.3 is 19.5 Å². The van der Waals surface area contributed by atoms with E-state index in [9.17, 15) is 4.79 Å². The molecule has 9 heteroatoms. The number of fused-ring (bicyclic) bond motifs is 1. The monoisotopic (exact) mass is 404 g/mol. The molecule has 8 nitrogen and oxygen atoms in total. The molecule has 0 unspecified atom stereocenters. The van der Waals surface area contributed by atoms with Crippen LogP contribution < -0.4 is 20.1 Å². The summed E-state index contributed by atoms with van der Waals surface area (Å²) in [6, 6.07) is 9.20. The maximum atomic E-state index is 11.5. The average Bonchev–Trinajstić information content (AvgIpc) is 2.69. The first-order chi connectivity index (χ1) is 13.0. The lowest BCUT2D eigenvalue weighted by Crippen LogP contribution is -2.12. The quantitative estimate of drug-likeness (QED) is 0.654. The van der Waals surface area contributed by atoms with Crippen LogP contribution in [0.4, 0.5) is 22.0 Å². The van der Waals surface area contributed by atoms with Gasteiger partial charge in [-0.3, -0.25) is 5.32 Å². The normalized spacial score (nSPS) is 10.0. The number of nitrogens with zero attached hydrogens (tertiary/aromatic N) is 2. The van der Waals surface area contributed by atoms with E-state index in [4.69, 9.17) is 9.47 Å². The van der Waals surface area contributed by atoms with Crippen LogP contribution >= 0.6 is 12.4 Å². The molecule has 0 aliphatic heterocycles. The molecule has 0 radical (unpaired) electrons. The number of ether oxygens (including phenoxy) is 3. The number of methoxy groups -OCH3 is 3. The molecule has 0 aliphatic carbocycles. The average molecular weight is 405 g/mol. The Morgan fingerprint density at radius 2 is 1.71 bits per heavy atom. The summed E-state index contributed by atoms with van der Waals surface area (Å²) in [6.45, 7) is 1.90. The van der Waals surface area contributed by atoms with E-state index < -0.39 is 6.09 Å². The summed E-state index contributed by atoms with van der Waals surface area (Å²) in [4.78, 5) is 20.1. The zero-order valence-corrected chi connectivity index (χ0v) is 16.7. The number of carbonyl (C=O) groups is 1. The minimum Gasteiger partial charge on any atom is -0.493 e. The van der Waals surface area contributed by atoms with Gasteiger partial charge in [0.2, 0.25) is 0 Å². The van der Waals surface area contributed by atoms with E-state index in [1.54, 1.807) is 26.4 Å². The van der Waals surface area contributed by atoms with Gasteiger partial charge in [0.15, 0.2) is 11.5 Å². The SMILES string of the molecule is COC(=O)Nc1cc(Nc2ncnc3cc(OC)c(OC)cc23)ccc1C.Cl. The topological polar surface area (TPSA) is 94.6 Å². The second-order valence-corrected chi connectivity index (χ2v) is 5.72. The number of benzene rings is 2.